The van der Waals surface area contributed by atoms with Crippen molar-refractivity contribution in [1.29, 1.82) is 5.26 Å². The van der Waals surface area contributed by atoms with Gasteiger partial charge in [-0.05, 0) is 55.5 Å². The first kappa shape index (κ1) is 18.5. The largest absolute Gasteiger partial charge is 0.479 e. The van der Waals surface area contributed by atoms with Gasteiger partial charge in [0, 0.05) is 10.9 Å². The topological polar surface area (TPSA) is 72.2 Å². The summed E-state index contributed by atoms with van der Waals surface area (Å²) in [6.45, 7) is 1.61. The average molecular weight is 382 g/mol. The lowest BCUT2D eigenvalue weighted by molar-refractivity contribution is -0.152. The van der Waals surface area contributed by atoms with Crippen LogP contribution >= 0.6 is 11.3 Å². The molecular weight excluding hydrogens is 367 g/mol. The highest BCUT2D eigenvalue weighted by atomic mass is 32.1. The van der Waals surface area contributed by atoms with Crippen LogP contribution in [-0.2, 0) is 16.1 Å². The molecule has 7 heteroatoms. The number of hydrogen-bond acceptors (Lipinski definition) is 6. The first-order valence-corrected chi connectivity index (χ1v) is 8.97. The van der Waals surface area contributed by atoms with Crippen molar-refractivity contribution in [2.45, 2.75) is 19.6 Å². The number of hydrogen-bond donors (Lipinski definition) is 0. The smallest absolute Gasteiger partial charge is 0.347 e. The molecule has 0 amide bonds. The molecule has 0 bridgehead atoms. The van der Waals surface area contributed by atoms with Crippen LogP contribution in [0.2, 0.25) is 0 Å². The predicted molar refractivity (Wildman–Crippen MR) is 98.6 cm³/mol. The number of ether oxygens (including phenoxy) is 2. The molecule has 3 rings (SSSR count). The Morgan fingerprint density at radius 1 is 1.22 bits per heavy atom. The highest BCUT2D eigenvalue weighted by molar-refractivity contribution is 7.13. The van der Waals surface area contributed by atoms with Gasteiger partial charge in [-0.25, -0.2) is 14.2 Å². The van der Waals surface area contributed by atoms with E-state index in [0.717, 1.165) is 10.6 Å². The van der Waals surface area contributed by atoms with Gasteiger partial charge in [-0.3, -0.25) is 0 Å². The minimum Gasteiger partial charge on any atom is -0.479 e. The molecule has 1 heterocycles. The summed E-state index contributed by atoms with van der Waals surface area (Å²) >= 11 is 1.39. The molecule has 27 heavy (non-hydrogen) atoms. The van der Waals surface area contributed by atoms with E-state index in [0.29, 0.717) is 17.0 Å². The van der Waals surface area contributed by atoms with Crippen LogP contribution in [0.1, 0.15) is 18.2 Å². The normalized spacial score (nSPS) is 11.4. The lowest BCUT2D eigenvalue weighted by atomic mass is 10.2. The number of thiazole rings is 1. The van der Waals surface area contributed by atoms with Gasteiger partial charge in [0.15, 0.2) is 6.10 Å². The zero-order chi connectivity index (χ0) is 19.2. The summed E-state index contributed by atoms with van der Waals surface area (Å²) in [7, 11) is 0. The number of aromatic nitrogens is 1. The van der Waals surface area contributed by atoms with Crippen LogP contribution in [0.4, 0.5) is 4.39 Å². The fraction of sp³-hybridized carbons (Fsp3) is 0.150. The van der Waals surface area contributed by atoms with Crippen molar-refractivity contribution in [1.82, 2.24) is 4.98 Å². The second-order valence-electron chi connectivity index (χ2n) is 5.65. The summed E-state index contributed by atoms with van der Waals surface area (Å²) in [5, 5.41) is 11.3. The Balaban J connectivity index is 1.54. The summed E-state index contributed by atoms with van der Waals surface area (Å²) in [4.78, 5) is 16.5. The van der Waals surface area contributed by atoms with Gasteiger partial charge in [0.1, 0.15) is 23.2 Å². The third-order valence-corrected chi connectivity index (χ3v) is 4.57. The number of esters is 1. The Labute approximate surface area is 159 Å². The molecular formula is C20H15FN2O3S. The maximum absolute atomic E-state index is 13.0. The summed E-state index contributed by atoms with van der Waals surface area (Å²) in [5.74, 6) is -0.345. The van der Waals surface area contributed by atoms with E-state index in [1.54, 1.807) is 48.7 Å². The highest BCUT2D eigenvalue weighted by Crippen LogP contribution is 2.24. The van der Waals surface area contributed by atoms with Crippen LogP contribution in [0, 0.1) is 17.1 Å². The summed E-state index contributed by atoms with van der Waals surface area (Å²) in [5.41, 5.74) is 1.92. The molecule has 0 N–H and O–H groups in total. The maximum Gasteiger partial charge on any atom is 0.347 e. The summed E-state index contributed by atoms with van der Waals surface area (Å²) < 4.78 is 23.7. The third-order valence-electron chi connectivity index (χ3n) is 3.63. The number of nitrogens with zero attached hydrogens (tertiary/aromatic N) is 2. The quantitative estimate of drug-likeness (QED) is 0.593. The minimum atomic E-state index is -0.798. The summed E-state index contributed by atoms with van der Waals surface area (Å²) in [6.07, 6.45) is -0.798. The second kappa shape index (κ2) is 8.43. The molecule has 0 fully saturated rings. The first-order chi connectivity index (χ1) is 13.0. The Morgan fingerprint density at radius 2 is 1.93 bits per heavy atom. The molecule has 1 aromatic heterocycles. The third kappa shape index (κ3) is 4.90. The lowest BCUT2D eigenvalue weighted by Crippen LogP contribution is -2.26. The van der Waals surface area contributed by atoms with Gasteiger partial charge in [-0.15, -0.1) is 11.3 Å². The van der Waals surface area contributed by atoms with E-state index >= 15 is 0 Å². The van der Waals surface area contributed by atoms with Crippen LogP contribution in [0.15, 0.2) is 53.9 Å². The van der Waals surface area contributed by atoms with Crippen molar-refractivity contribution >= 4 is 17.3 Å². The molecule has 0 saturated heterocycles. The highest BCUT2D eigenvalue weighted by Gasteiger charge is 2.17. The zero-order valence-electron chi connectivity index (χ0n) is 14.4. The van der Waals surface area contributed by atoms with E-state index in [-0.39, 0.29) is 12.4 Å². The van der Waals surface area contributed by atoms with Gasteiger partial charge in [-0.1, -0.05) is 0 Å². The molecule has 5 nitrogen and oxygen atoms in total. The van der Waals surface area contributed by atoms with Crippen molar-refractivity contribution in [3.05, 3.63) is 71.0 Å². The van der Waals surface area contributed by atoms with Gasteiger partial charge in [0.25, 0.3) is 0 Å². The van der Waals surface area contributed by atoms with Crippen LogP contribution in [0.25, 0.3) is 10.6 Å². The van der Waals surface area contributed by atoms with Crippen LogP contribution in [0.3, 0.4) is 0 Å². The zero-order valence-corrected chi connectivity index (χ0v) is 15.2. The molecule has 2 aromatic carbocycles. The second-order valence-corrected chi connectivity index (χ2v) is 6.51. The number of benzene rings is 2. The number of carbonyl (C=O) groups is 1. The number of rotatable bonds is 6. The minimum absolute atomic E-state index is 0.0254. The number of halogens is 1. The molecule has 0 aliphatic heterocycles. The Hall–Kier alpha value is -3.24. The van der Waals surface area contributed by atoms with Gasteiger partial charge >= 0.3 is 5.97 Å². The van der Waals surface area contributed by atoms with Crippen LogP contribution < -0.4 is 4.74 Å². The fourth-order valence-corrected chi connectivity index (χ4v) is 3.03. The van der Waals surface area contributed by atoms with Crippen LogP contribution in [-0.4, -0.2) is 17.1 Å². The molecule has 0 aliphatic rings. The monoisotopic (exact) mass is 382 g/mol. The van der Waals surface area contributed by atoms with Crippen molar-refractivity contribution in [3.8, 4) is 22.4 Å². The SMILES string of the molecule is C[C@H](Oc1ccc(C#N)cc1)C(=O)OCc1csc(-c2ccc(F)cc2)n1. The molecule has 0 saturated carbocycles. The van der Waals surface area contributed by atoms with Gasteiger partial charge in [-0.2, -0.15) is 5.26 Å². The van der Waals surface area contributed by atoms with Crippen molar-refractivity contribution in [2.24, 2.45) is 0 Å². The number of carbonyl (C=O) groups excluding carboxylic acids is 1. The van der Waals surface area contributed by atoms with E-state index in [2.05, 4.69) is 4.98 Å². The van der Waals surface area contributed by atoms with Gasteiger partial charge in [0.2, 0.25) is 0 Å². The van der Waals surface area contributed by atoms with E-state index in [1.165, 1.54) is 23.5 Å². The molecule has 0 spiro atoms. The lowest BCUT2D eigenvalue weighted by Gasteiger charge is -2.13. The Kier molecular flexibility index (Phi) is 5.79. The standard InChI is InChI=1S/C20H15FN2O3S/c1-13(26-18-8-2-14(10-22)3-9-18)20(24)25-11-17-12-27-19(23-17)15-4-6-16(21)7-5-15/h2-9,12-13H,11H2,1H3/t13-/m0/s1. The van der Waals surface area contributed by atoms with Crippen molar-refractivity contribution < 1.29 is 18.7 Å². The first-order valence-electron chi connectivity index (χ1n) is 8.09. The van der Waals surface area contributed by atoms with E-state index < -0.39 is 12.1 Å². The van der Waals surface area contributed by atoms with E-state index in [9.17, 15) is 9.18 Å². The van der Waals surface area contributed by atoms with Gasteiger partial charge in [0.05, 0.1) is 17.3 Å². The molecule has 3 aromatic rings. The van der Waals surface area contributed by atoms with Gasteiger partial charge < -0.3 is 9.47 Å². The molecule has 0 unspecified atom stereocenters. The van der Waals surface area contributed by atoms with Crippen molar-refractivity contribution in [3.63, 3.8) is 0 Å². The average Bonchev–Trinajstić information content (AvgIpc) is 3.16. The fourth-order valence-electron chi connectivity index (χ4n) is 2.22. The van der Waals surface area contributed by atoms with Crippen molar-refractivity contribution in [2.75, 3.05) is 0 Å². The Bertz CT molecular complexity index is 962. The summed E-state index contributed by atoms with van der Waals surface area (Å²) in [6, 6.07) is 14.5. The van der Waals surface area contributed by atoms with E-state index in [4.69, 9.17) is 14.7 Å². The van der Waals surface area contributed by atoms with Crippen LogP contribution in [0.5, 0.6) is 5.75 Å². The Morgan fingerprint density at radius 3 is 2.59 bits per heavy atom. The molecule has 136 valence electrons. The predicted octanol–water partition coefficient (Wildman–Crippen LogP) is 4.33. The van der Waals surface area contributed by atoms with E-state index in [1.807, 2.05) is 6.07 Å². The number of nitriles is 1. The molecule has 0 aliphatic carbocycles. The molecule has 0 radical (unpaired) electrons. The molecule has 1 atom stereocenters. The maximum atomic E-state index is 13.0.